The zero-order chi connectivity index (χ0) is 18.9. The summed E-state index contributed by atoms with van der Waals surface area (Å²) in [7, 11) is -3.88. The summed E-state index contributed by atoms with van der Waals surface area (Å²) in [5.41, 5.74) is 0.827. The van der Waals surface area contributed by atoms with Crippen LogP contribution in [0.5, 0.6) is 0 Å². The molecule has 3 rings (SSSR count). The van der Waals surface area contributed by atoms with Crippen molar-refractivity contribution in [1.29, 1.82) is 0 Å². The van der Waals surface area contributed by atoms with Gasteiger partial charge in [-0.1, -0.05) is 17.7 Å². The van der Waals surface area contributed by atoms with Crippen LogP contribution in [0.25, 0.3) is 0 Å². The van der Waals surface area contributed by atoms with Crippen molar-refractivity contribution in [3.05, 3.63) is 64.4 Å². The molecule has 1 saturated heterocycles. The number of piperazine rings is 1. The molecule has 4 nitrogen and oxygen atoms in total. The van der Waals surface area contributed by atoms with Crippen LogP contribution in [0, 0.1) is 17.5 Å². The minimum absolute atomic E-state index is 0.0436. The predicted molar refractivity (Wildman–Crippen MR) is 91.8 cm³/mol. The van der Waals surface area contributed by atoms with E-state index < -0.39 is 27.5 Å². The predicted octanol–water partition coefficient (Wildman–Crippen LogP) is 3.26. The molecule has 0 saturated carbocycles. The molecule has 26 heavy (non-hydrogen) atoms. The fourth-order valence-corrected chi connectivity index (χ4v) is 4.45. The highest BCUT2D eigenvalue weighted by Gasteiger charge is 2.29. The maximum atomic E-state index is 13.3. The second-order valence-electron chi connectivity index (χ2n) is 6.00. The summed E-state index contributed by atoms with van der Waals surface area (Å²) in [4.78, 5) is 1.75. The Balaban J connectivity index is 1.65. The van der Waals surface area contributed by atoms with Crippen LogP contribution < -0.4 is 0 Å². The van der Waals surface area contributed by atoms with E-state index in [-0.39, 0.29) is 23.0 Å². The normalized spacial score (nSPS) is 16.8. The Bertz CT molecular complexity index is 916. The quantitative estimate of drug-likeness (QED) is 0.785. The van der Waals surface area contributed by atoms with Crippen molar-refractivity contribution in [1.82, 2.24) is 9.21 Å². The van der Waals surface area contributed by atoms with Gasteiger partial charge in [0.2, 0.25) is 10.0 Å². The van der Waals surface area contributed by atoms with Crippen LogP contribution in [-0.2, 0) is 16.6 Å². The first-order chi connectivity index (χ1) is 12.3. The molecule has 0 aliphatic carbocycles. The van der Waals surface area contributed by atoms with Gasteiger partial charge < -0.3 is 0 Å². The third kappa shape index (κ3) is 4.03. The zero-order valence-electron chi connectivity index (χ0n) is 13.6. The summed E-state index contributed by atoms with van der Waals surface area (Å²) in [6.07, 6.45) is 0. The number of nitrogens with zero attached hydrogens (tertiary/aromatic N) is 2. The van der Waals surface area contributed by atoms with E-state index in [1.165, 1.54) is 10.4 Å². The average molecular weight is 405 g/mol. The van der Waals surface area contributed by atoms with Gasteiger partial charge in [0.15, 0.2) is 11.6 Å². The lowest BCUT2D eigenvalue weighted by Crippen LogP contribution is -2.48. The number of hydrogen-bond donors (Lipinski definition) is 0. The summed E-state index contributed by atoms with van der Waals surface area (Å²) in [6, 6.07) is 7.02. The number of hydrogen-bond acceptors (Lipinski definition) is 3. The van der Waals surface area contributed by atoms with E-state index in [0.717, 1.165) is 17.7 Å². The maximum Gasteiger partial charge on any atom is 0.243 e. The van der Waals surface area contributed by atoms with Gasteiger partial charge in [0.05, 0.1) is 9.92 Å². The van der Waals surface area contributed by atoms with Gasteiger partial charge >= 0.3 is 0 Å². The van der Waals surface area contributed by atoms with Gasteiger partial charge in [-0.15, -0.1) is 0 Å². The summed E-state index contributed by atoms with van der Waals surface area (Å²) in [5, 5.41) is 0.0436. The third-order valence-electron chi connectivity index (χ3n) is 4.25. The second-order valence-corrected chi connectivity index (χ2v) is 8.35. The fourth-order valence-electron chi connectivity index (χ4n) is 2.81. The Hall–Kier alpha value is -1.61. The standard InChI is InChI=1S/C17H16ClF3N2O2S/c18-14-9-12(1-3-15(14)19)11-22-5-7-23(8-6-22)26(24,25)13-2-4-16(20)17(21)10-13/h1-4,9-10H,5-8,11H2. The van der Waals surface area contributed by atoms with Crippen LogP contribution in [0.15, 0.2) is 41.3 Å². The third-order valence-corrected chi connectivity index (χ3v) is 6.43. The molecule has 0 unspecified atom stereocenters. The van der Waals surface area contributed by atoms with Crippen molar-refractivity contribution in [3.8, 4) is 0 Å². The molecule has 9 heteroatoms. The minimum atomic E-state index is -3.88. The molecule has 2 aromatic carbocycles. The maximum absolute atomic E-state index is 13.3. The zero-order valence-corrected chi connectivity index (χ0v) is 15.2. The highest BCUT2D eigenvalue weighted by molar-refractivity contribution is 7.89. The Kier molecular flexibility index (Phi) is 5.57. The molecule has 0 bridgehead atoms. The Morgan fingerprint density at radius 3 is 2.15 bits per heavy atom. The summed E-state index contributed by atoms with van der Waals surface area (Å²) in [6.45, 7) is 1.86. The Morgan fingerprint density at radius 1 is 0.885 bits per heavy atom. The largest absolute Gasteiger partial charge is 0.296 e. The second kappa shape index (κ2) is 7.56. The molecule has 0 radical (unpaired) electrons. The van der Waals surface area contributed by atoms with Crippen molar-refractivity contribution in [2.45, 2.75) is 11.4 Å². The molecule has 1 aliphatic heterocycles. The molecular formula is C17H16ClF3N2O2S. The van der Waals surface area contributed by atoms with Crippen LogP contribution in [0.3, 0.4) is 0 Å². The van der Waals surface area contributed by atoms with E-state index in [1.54, 1.807) is 12.1 Å². The highest BCUT2D eigenvalue weighted by atomic mass is 35.5. The van der Waals surface area contributed by atoms with E-state index in [1.807, 2.05) is 4.90 Å². The number of halogens is 4. The lowest BCUT2D eigenvalue weighted by molar-refractivity contribution is 0.181. The topological polar surface area (TPSA) is 40.6 Å². The van der Waals surface area contributed by atoms with Crippen LogP contribution >= 0.6 is 11.6 Å². The number of sulfonamides is 1. The van der Waals surface area contributed by atoms with Crippen LogP contribution in [0.4, 0.5) is 13.2 Å². The average Bonchev–Trinajstić information content (AvgIpc) is 2.61. The van der Waals surface area contributed by atoms with Gasteiger partial charge in [-0.2, -0.15) is 4.31 Å². The molecule has 0 N–H and O–H groups in total. The Labute approximate surface area is 154 Å². The number of rotatable bonds is 4. The van der Waals surface area contributed by atoms with E-state index in [2.05, 4.69) is 0 Å². The van der Waals surface area contributed by atoms with Gasteiger partial charge in [-0.3, -0.25) is 4.90 Å². The van der Waals surface area contributed by atoms with Crippen molar-refractivity contribution >= 4 is 21.6 Å². The Morgan fingerprint density at radius 2 is 1.54 bits per heavy atom. The van der Waals surface area contributed by atoms with Gasteiger partial charge in [0, 0.05) is 32.7 Å². The van der Waals surface area contributed by atoms with E-state index in [0.29, 0.717) is 25.7 Å². The monoisotopic (exact) mass is 404 g/mol. The van der Waals surface area contributed by atoms with Crippen molar-refractivity contribution in [2.75, 3.05) is 26.2 Å². The van der Waals surface area contributed by atoms with Crippen molar-refractivity contribution < 1.29 is 21.6 Å². The van der Waals surface area contributed by atoms with Gasteiger partial charge in [-0.05, 0) is 35.9 Å². The molecule has 0 spiro atoms. The van der Waals surface area contributed by atoms with Gasteiger partial charge in [0.25, 0.3) is 0 Å². The molecule has 0 amide bonds. The molecular weight excluding hydrogens is 389 g/mol. The molecule has 1 aliphatic rings. The highest BCUT2D eigenvalue weighted by Crippen LogP contribution is 2.21. The summed E-state index contributed by atoms with van der Waals surface area (Å²) in [5.74, 6) is -2.78. The van der Waals surface area contributed by atoms with Crippen molar-refractivity contribution in [2.24, 2.45) is 0 Å². The molecule has 0 atom stereocenters. The van der Waals surface area contributed by atoms with Gasteiger partial charge in [0.1, 0.15) is 5.82 Å². The van der Waals surface area contributed by atoms with E-state index >= 15 is 0 Å². The van der Waals surface area contributed by atoms with Crippen LogP contribution in [0.2, 0.25) is 5.02 Å². The van der Waals surface area contributed by atoms with Gasteiger partial charge in [-0.25, -0.2) is 21.6 Å². The lowest BCUT2D eigenvalue weighted by atomic mass is 10.2. The summed E-state index contributed by atoms with van der Waals surface area (Å²) >= 11 is 5.77. The van der Waals surface area contributed by atoms with E-state index in [4.69, 9.17) is 11.6 Å². The molecule has 2 aromatic rings. The van der Waals surface area contributed by atoms with E-state index in [9.17, 15) is 21.6 Å². The molecule has 1 fully saturated rings. The smallest absolute Gasteiger partial charge is 0.243 e. The van der Waals surface area contributed by atoms with Crippen LogP contribution in [-0.4, -0.2) is 43.8 Å². The first kappa shape index (κ1) is 19.2. The first-order valence-electron chi connectivity index (χ1n) is 7.89. The molecule has 140 valence electrons. The first-order valence-corrected chi connectivity index (χ1v) is 9.70. The summed E-state index contributed by atoms with van der Waals surface area (Å²) < 4.78 is 65.9. The SMILES string of the molecule is O=S(=O)(c1ccc(F)c(F)c1)N1CCN(Cc2ccc(F)c(Cl)c2)CC1. The van der Waals surface area contributed by atoms with Crippen LogP contribution in [0.1, 0.15) is 5.56 Å². The fraction of sp³-hybridized carbons (Fsp3) is 0.294. The minimum Gasteiger partial charge on any atom is -0.296 e. The van der Waals surface area contributed by atoms with Crippen molar-refractivity contribution in [3.63, 3.8) is 0 Å². The molecule has 0 aromatic heterocycles. The number of benzene rings is 2. The molecule has 1 heterocycles. The lowest BCUT2D eigenvalue weighted by Gasteiger charge is -2.34.